The first kappa shape index (κ1) is 15.8. The van der Waals surface area contributed by atoms with Gasteiger partial charge in [0.2, 0.25) is 5.91 Å². The summed E-state index contributed by atoms with van der Waals surface area (Å²) in [6, 6.07) is 7.39. The first-order chi connectivity index (χ1) is 10.0. The topological polar surface area (TPSA) is 80.0 Å². The average molecular weight is 355 g/mol. The van der Waals surface area contributed by atoms with Crippen LogP contribution in [0.15, 0.2) is 33.7 Å². The highest BCUT2D eigenvalue weighted by molar-refractivity contribution is 9.10. The lowest BCUT2D eigenvalue weighted by atomic mass is 10.3. The molecule has 1 aliphatic heterocycles. The maximum Gasteiger partial charge on any atom is 0.246 e. The van der Waals surface area contributed by atoms with Gasteiger partial charge >= 0.3 is 0 Å². The van der Waals surface area contributed by atoms with Gasteiger partial charge in [0, 0.05) is 23.2 Å². The van der Waals surface area contributed by atoms with Crippen LogP contribution in [0.2, 0.25) is 0 Å². The number of ether oxygens (including phenoxy) is 1. The molecule has 1 aromatic carbocycles. The van der Waals surface area contributed by atoms with E-state index in [4.69, 9.17) is 10.5 Å². The average Bonchev–Trinajstić information content (AvgIpc) is 2.45. The smallest absolute Gasteiger partial charge is 0.246 e. The zero-order chi connectivity index (χ0) is 15.2. The molecular weight excluding hydrogens is 336 g/mol. The summed E-state index contributed by atoms with van der Waals surface area (Å²) in [6.45, 7) is 4.01. The van der Waals surface area contributed by atoms with Crippen LogP contribution in [-0.2, 0) is 9.53 Å². The zero-order valence-electron chi connectivity index (χ0n) is 11.9. The zero-order valence-corrected chi connectivity index (χ0v) is 13.5. The van der Waals surface area contributed by atoms with E-state index in [2.05, 4.69) is 26.2 Å². The third-order valence-electron chi connectivity index (χ3n) is 3.06. The molecule has 1 aromatic rings. The summed E-state index contributed by atoms with van der Waals surface area (Å²) in [4.78, 5) is 17.9. The molecule has 21 heavy (non-hydrogen) atoms. The SMILES string of the molecule is CC1CN(C(N)=NCC(=O)Nc2cccc(Br)c2)CCO1. The van der Waals surface area contributed by atoms with Crippen LogP contribution in [0.5, 0.6) is 0 Å². The van der Waals surface area contributed by atoms with Crippen molar-refractivity contribution in [2.24, 2.45) is 10.7 Å². The van der Waals surface area contributed by atoms with Crippen molar-refractivity contribution in [2.45, 2.75) is 13.0 Å². The Labute approximate surface area is 132 Å². The molecule has 1 amide bonds. The van der Waals surface area contributed by atoms with E-state index in [0.717, 1.165) is 10.2 Å². The number of benzene rings is 1. The molecule has 0 bridgehead atoms. The summed E-state index contributed by atoms with van der Waals surface area (Å²) in [5, 5.41) is 2.78. The van der Waals surface area contributed by atoms with E-state index in [1.807, 2.05) is 36.1 Å². The minimum absolute atomic E-state index is 0.00405. The lowest BCUT2D eigenvalue weighted by Gasteiger charge is -2.31. The third-order valence-corrected chi connectivity index (χ3v) is 3.55. The van der Waals surface area contributed by atoms with Gasteiger partial charge in [-0.3, -0.25) is 4.79 Å². The molecule has 1 saturated heterocycles. The molecule has 1 unspecified atom stereocenters. The number of halogens is 1. The van der Waals surface area contributed by atoms with Crippen LogP contribution in [0.1, 0.15) is 6.92 Å². The maximum atomic E-state index is 11.8. The molecule has 0 saturated carbocycles. The molecule has 1 atom stereocenters. The third kappa shape index (κ3) is 5.02. The van der Waals surface area contributed by atoms with Crippen LogP contribution in [-0.4, -0.2) is 49.1 Å². The number of nitrogens with two attached hydrogens (primary N) is 1. The number of rotatable bonds is 3. The number of nitrogens with one attached hydrogen (secondary N) is 1. The lowest BCUT2D eigenvalue weighted by molar-refractivity contribution is -0.114. The van der Waals surface area contributed by atoms with Gasteiger partial charge in [-0.15, -0.1) is 0 Å². The van der Waals surface area contributed by atoms with Crippen LogP contribution < -0.4 is 11.1 Å². The van der Waals surface area contributed by atoms with Crippen LogP contribution in [0.25, 0.3) is 0 Å². The van der Waals surface area contributed by atoms with Crippen molar-refractivity contribution in [1.82, 2.24) is 4.90 Å². The van der Waals surface area contributed by atoms with E-state index in [-0.39, 0.29) is 18.6 Å². The Hall–Kier alpha value is -1.60. The van der Waals surface area contributed by atoms with E-state index in [9.17, 15) is 4.79 Å². The maximum absolute atomic E-state index is 11.8. The molecule has 3 N–H and O–H groups in total. The monoisotopic (exact) mass is 354 g/mol. The number of aliphatic imine (C=N–C) groups is 1. The van der Waals surface area contributed by atoms with Gasteiger partial charge in [-0.05, 0) is 25.1 Å². The Morgan fingerprint density at radius 1 is 1.62 bits per heavy atom. The highest BCUT2D eigenvalue weighted by atomic mass is 79.9. The first-order valence-corrected chi connectivity index (χ1v) is 7.56. The fourth-order valence-corrected chi connectivity index (χ4v) is 2.45. The largest absolute Gasteiger partial charge is 0.375 e. The molecule has 6 nitrogen and oxygen atoms in total. The molecule has 0 radical (unpaired) electrons. The second-order valence-corrected chi connectivity index (χ2v) is 5.78. The quantitative estimate of drug-likeness (QED) is 0.635. The second kappa shape index (κ2) is 7.42. The number of morpholine rings is 1. The molecule has 114 valence electrons. The van der Waals surface area contributed by atoms with E-state index in [1.54, 1.807) is 0 Å². The summed E-state index contributed by atoms with van der Waals surface area (Å²) < 4.78 is 6.35. The van der Waals surface area contributed by atoms with Crippen molar-refractivity contribution in [3.8, 4) is 0 Å². The number of amides is 1. The van der Waals surface area contributed by atoms with E-state index >= 15 is 0 Å². The summed E-state index contributed by atoms with van der Waals surface area (Å²) in [6.07, 6.45) is 0.128. The molecule has 1 heterocycles. The van der Waals surface area contributed by atoms with Crippen LogP contribution >= 0.6 is 15.9 Å². The predicted molar refractivity (Wildman–Crippen MR) is 86.2 cm³/mol. The van der Waals surface area contributed by atoms with Crippen molar-refractivity contribution in [1.29, 1.82) is 0 Å². The van der Waals surface area contributed by atoms with Crippen molar-refractivity contribution in [2.75, 3.05) is 31.6 Å². The summed E-state index contributed by atoms with van der Waals surface area (Å²) >= 11 is 3.35. The Balaban J connectivity index is 1.86. The van der Waals surface area contributed by atoms with Crippen molar-refractivity contribution >= 4 is 33.5 Å². The van der Waals surface area contributed by atoms with E-state index < -0.39 is 0 Å². The van der Waals surface area contributed by atoms with Crippen molar-refractivity contribution in [3.63, 3.8) is 0 Å². The Kier molecular flexibility index (Phi) is 5.58. The van der Waals surface area contributed by atoms with Gasteiger partial charge < -0.3 is 20.7 Å². The Morgan fingerprint density at radius 2 is 2.43 bits per heavy atom. The van der Waals surface area contributed by atoms with Gasteiger partial charge in [0.05, 0.1) is 12.7 Å². The molecule has 1 fully saturated rings. The van der Waals surface area contributed by atoms with Crippen molar-refractivity contribution in [3.05, 3.63) is 28.7 Å². The van der Waals surface area contributed by atoms with Gasteiger partial charge in [0.1, 0.15) is 6.54 Å². The Morgan fingerprint density at radius 3 is 3.14 bits per heavy atom. The minimum Gasteiger partial charge on any atom is -0.375 e. The van der Waals surface area contributed by atoms with Crippen LogP contribution in [0.4, 0.5) is 5.69 Å². The molecule has 0 spiro atoms. The summed E-state index contributed by atoms with van der Waals surface area (Å²) in [7, 11) is 0. The fourth-order valence-electron chi connectivity index (χ4n) is 2.05. The number of guanidine groups is 1. The molecule has 0 aliphatic carbocycles. The molecule has 2 rings (SSSR count). The first-order valence-electron chi connectivity index (χ1n) is 6.76. The van der Waals surface area contributed by atoms with Gasteiger partial charge in [-0.1, -0.05) is 22.0 Å². The van der Waals surface area contributed by atoms with Crippen LogP contribution in [0.3, 0.4) is 0 Å². The number of carbonyl (C=O) groups excluding carboxylic acids is 1. The fraction of sp³-hybridized carbons (Fsp3) is 0.429. The number of hydrogen-bond acceptors (Lipinski definition) is 3. The number of nitrogens with zero attached hydrogens (tertiary/aromatic N) is 2. The van der Waals surface area contributed by atoms with Crippen LogP contribution in [0, 0.1) is 0 Å². The lowest BCUT2D eigenvalue weighted by Crippen LogP contribution is -2.48. The summed E-state index contributed by atoms with van der Waals surface area (Å²) in [5.74, 6) is 0.187. The molecular formula is C14H19BrN4O2. The van der Waals surface area contributed by atoms with Gasteiger partial charge in [0.25, 0.3) is 0 Å². The second-order valence-electron chi connectivity index (χ2n) is 4.86. The standard InChI is InChI=1S/C14H19BrN4O2/c1-10-9-19(5-6-21-10)14(16)17-8-13(20)18-12-4-2-3-11(15)7-12/h2-4,7,10H,5-6,8-9H2,1H3,(H2,16,17)(H,18,20). The van der Waals surface area contributed by atoms with Crippen molar-refractivity contribution < 1.29 is 9.53 Å². The van der Waals surface area contributed by atoms with E-state index in [1.165, 1.54) is 0 Å². The van der Waals surface area contributed by atoms with E-state index in [0.29, 0.717) is 25.7 Å². The number of hydrogen-bond donors (Lipinski definition) is 2. The molecule has 7 heteroatoms. The van der Waals surface area contributed by atoms with Gasteiger partial charge in [-0.2, -0.15) is 0 Å². The highest BCUT2D eigenvalue weighted by Crippen LogP contribution is 2.15. The predicted octanol–water partition coefficient (Wildman–Crippen LogP) is 1.42. The van der Waals surface area contributed by atoms with Gasteiger partial charge in [-0.25, -0.2) is 4.99 Å². The normalized spacial score (nSPS) is 19.4. The Bertz CT molecular complexity index is 535. The number of anilines is 1. The molecule has 0 aromatic heterocycles. The number of carbonyl (C=O) groups is 1. The summed E-state index contributed by atoms with van der Waals surface area (Å²) in [5.41, 5.74) is 6.63. The highest BCUT2D eigenvalue weighted by Gasteiger charge is 2.18. The minimum atomic E-state index is -0.197. The molecule has 1 aliphatic rings. The van der Waals surface area contributed by atoms with Gasteiger partial charge in [0.15, 0.2) is 5.96 Å².